The SMILES string of the molecule is O=C(O)CCNc1nc(Nc2ccccc2)nc(Nc2ccc(/C=C/c3ccc(Nc4nc(Cl)nc(N(CCO)CCO)n4)cc3S(=O)(=O)O)c(S(=O)(=O)O)c2)n1. The number of halogens is 1. The summed E-state index contributed by atoms with van der Waals surface area (Å²) in [6.45, 7) is -0.441. The number of aromatic nitrogens is 6. The fourth-order valence-electron chi connectivity index (χ4n) is 4.97. The first kappa shape index (κ1) is 42.1. The summed E-state index contributed by atoms with van der Waals surface area (Å²) in [4.78, 5) is 36.2. The first-order chi connectivity index (χ1) is 27.1. The van der Waals surface area contributed by atoms with Gasteiger partial charge in [-0.3, -0.25) is 13.9 Å². The van der Waals surface area contributed by atoms with Crippen LogP contribution in [0.2, 0.25) is 5.28 Å². The number of benzene rings is 3. The molecule has 57 heavy (non-hydrogen) atoms. The Hall–Kier alpha value is -6.08. The molecule has 0 aliphatic rings. The molecule has 2 aromatic heterocycles. The number of carboxylic acid groups (broad SMARTS) is 1. The van der Waals surface area contributed by atoms with E-state index in [4.69, 9.17) is 16.7 Å². The van der Waals surface area contributed by atoms with E-state index < -0.39 is 36.0 Å². The van der Waals surface area contributed by atoms with Crippen molar-refractivity contribution in [3.8, 4) is 0 Å². The zero-order valence-corrected chi connectivity index (χ0v) is 31.7. The fourth-order valence-corrected chi connectivity index (χ4v) is 6.55. The van der Waals surface area contributed by atoms with E-state index in [-0.39, 0.29) is 96.8 Å². The number of nitrogens with zero attached hydrogens (tertiary/aromatic N) is 7. The van der Waals surface area contributed by atoms with Gasteiger partial charge in [0, 0.05) is 36.7 Å². The monoisotopic (exact) mass is 843 g/mol. The molecule has 2 heterocycles. The molecule has 0 fully saturated rings. The minimum absolute atomic E-state index is 0.00203. The summed E-state index contributed by atoms with van der Waals surface area (Å²) in [5.74, 6) is -1.19. The largest absolute Gasteiger partial charge is 0.481 e. The molecule has 9 N–H and O–H groups in total. The second kappa shape index (κ2) is 18.7. The van der Waals surface area contributed by atoms with Gasteiger partial charge in [-0.15, -0.1) is 0 Å². The average Bonchev–Trinajstić information content (AvgIpc) is 3.14. The molecule has 24 heteroatoms. The van der Waals surface area contributed by atoms with Gasteiger partial charge in [0.15, 0.2) is 0 Å². The Morgan fingerprint density at radius 1 is 0.667 bits per heavy atom. The van der Waals surface area contributed by atoms with Gasteiger partial charge in [0.05, 0.1) is 19.6 Å². The maximum atomic E-state index is 12.5. The van der Waals surface area contributed by atoms with E-state index in [9.17, 15) is 40.9 Å². The van der Waals surface area contributed by atoms with Crippen LogP contribution in [0.4, 0.5) is 46.8 Å². The third-order valence-corrected chi connectivity index (χ3v) is 9.43. The van der Waals surface area contributed by atoms with Gasteiger partial charge < -0.3 is 41.5 Å². The normalized spacial score (nSPS) is 11.7. The predicted molar refractivity (Wildman–Crippen MR) is 210 cm³/mol. The number of aliphatic carboxylic acids is 1. The molecule has 21 nitrogen and oxygen atoms in total. The third-order valence-electron chi connectivity index (χ3n) is 7.44. The molecule has 0 saturated heterocycles. The molecule has 5 rings (SSSR count). The van der Waals surface area contributed by atoms with Gasteiger partial charge >= 0.3 is 5.97 Å². The molecule has 0 bridgehead atoms. The standard InChI is InChI=1S/C33H34ClN11O10S2/c34-28-39-30(44-33(40-28)45(14-16-46)15-17-47)37-23-10-8-20(25(18-23)56(50,51)52)6-7-21-9-11-24(19-26(21)57(53,54)55)38-32-42-29(35-13-12-27(48)49)41-31(43-32)36-22-4-2-1-3-5-22/h1-11,18-19,46-47H,12-17H2,(H,48,49)(H,50,51,52)(H,53,54,55)(H,37,39,40,44)(H3,35,36,38,41,42,43)/b7-6+. The number of carboxylic acids is 1. The van der Waals surface area contributed by atoms with Crippen LogP contribution in [-0.4, -0.2) is 110 Å². The average molecular weight is 844 g/mol. The van der Waals surface area contributed by atoms with Crippen LogP contribution >= 0.6 is 11.6 Å². The molecule has 0 atom stereocenters. The Kier molecular flexibility index (Phi) is 13.8. The molecule has 5 aromatic rings. The number of anilines is 8. The maximum absolute atomic E-state index is 12.5. The van der Waals surface area contributed by atoms with Gasteiger partial charge in [-0.25, -0.2) is 0 Å². The Labute approximate surface area is 330 Å². The zero-order valence-electron chi connectivity index (χ0n) is 29.4. The highest BCUT2D eigenvalue weighted by Gasteiger charge is 2.19. The summed E-state index contributed by atoms with van der Waals surface area (Å²) >= 11 is 6.06. The van der Waals surface area contributed by atoms with Crippen molar-refractivity contribution in [2.75, 3.05) is 59.0 Å². The van der Waals surface area contributed by atoms with Crippen molar-refractivity contribution in [3.63, 3.8) is 0 Å². The lowest BCUT2D eigenvalue weighted by Crippen LogP contribution is -2.31. The molecule has 0 unspecified atom stereocenters. The van der Waals surface area contributed by atoms with E-state index in [1.54, 1.807) is 24.3 Å². The lowest BCUT2D eigenvalue weighted by atomic mass is 10.1. The first-order valence-corrected chi connectivity index (χ1v) is 19.7. The highest BCUT2D eigenvalue weighted by molar-refractivity contribution is 7.86. The van der Waals surface area contributed by atoms with Crippen molar-refractivity contribution in [1.29, 1.82) is 0 Å². The molecule has 0 aliphatic heterocycles. The number of hydrogen-bond donors (Lipinski definition) is 9. The Morgan fingerprint density at radius 2 is 1.16 bits per heavy atom. The number of nitrogens with one attached hydrogen (secondary N) is 4. The summed E-state index contributed by atoms with van der Waals surface area (Å²) in [7, 11) is -9.78. The highest BCUT2D eigenvalue weighted by Crippen LogP contribution is 2.28. The van der Waals surface area contributed by atoms with Crippen molar-refractivity contribution in [3.05, 3.63) is 83.1 Å². The lowest BCUT2D eigenvalue weighted by Gasteiger charge is -2.20. The van der Waals surface area contributed by atoms with Gasteiger partial charge in [0.2, 0.25) is 35.0 Å². The zero-order chi connectivity index (χ0) is 41.2. The van der Waals surface area contributed by atoms with Crippen molar-refractivity contribution in [2.24, 2.45) is 0 Å². The van der Waals surface area contributed by atoms with E-state index >= 15 is 0 Å². The summed E-state index contributed by atoms with van der Waals surface area (Å²) in [6.07, 6.45) is 2.17. The minimum atomic E-state index is -4.89. The van der Waals surface area contributed by atoms with Crippen LogP contribution in [0, 0.1) is 0 Å². The summed E-state index contributed by atoms with van der Waals surface area (Å²) in [5.41, 5.74) is 0.650. The molecular weight excluding hydrogens is 810 g/mol. The second-order valence-electron chi connectivity index (χ2n) is 11.6. The Bertz CT molecular complexity index is 2480. The predicted octanol–water partition coefficient (Wildman–Crippen LogP) is 3.28. The van der Waals surface area contributed by atoms with Crippen molar-refractivity contribution in [2.45, 2.75) is 16.2 Å². The molecular formula is C33H34ClN11O10S2. The molecule has 0 amide bonds. The first-order valence-electron chi connectivity index (χ1n) is 16.5. The van der Waals surface area contributed by atoms with Gasteiger partial charge in [-0.05, 0) is 59.1 Å². The number of aliphatic hydroxyl groups excluding tert-OH is 2. The quantitative estimate of drug-likeness (QED) is 0.0425. The maximum Gasteiger partial charge on any atom is 0.305 e. The minimum Gasteiger partial charge on any atom is -0.481 e. The van der Waals surface area contributed by atoms with Crippen LogP contribution in [0.5, 0.6) is 0 Å². The molecule has 0 aliphatic carbocycles. The van der Waals surface area contributed by atoms with E-state index in [2.05, 4.69) is 51.2 Å². The fraction of sp³-hybridized carbons (Fsp3) is 0.182. The van der Waals surface area contributed by atoms with Crippen LogP contribution in [-0.2, 0) is 25.0 Å². The Morgan fingerprint density at radius 3 is 1.65 bits per heavy atom. The van der Waals surface area contributed by atoms with Gasteiger partial charge in [0.25, 0.3) is 20.2 Å². The van der Waals surface area contributed by atoms with Crippen molar-refractivity contribution in [1.82, 2.24) is 29.9 Å². The number of aliphatic hydroxyl groups is 2. The number of hydrogen-bond acceptors (Lipinski definition) is 18. The lowest BCUT2D eigenvalue weighted by molar-refractivity contribution is -0.136. The van der Waals surface area contributed by atoms with Crippen LogP contribution in [0.1, 0.15) is 17.5 Å². The number of carbonyl (C=O) groups is 1. The van der Waals surface area contributed by atoms with Crippen LogP contribution in [0.15, 0.2) is 76.5 Å². The van der Waals surface area contributed by atoms with Crippen LogP contribution in [0.25, 0.3) is 12.2 Å². The number of para-hydroxylation sites is 1. The van der Waals surface area contributed by atoms with Gasteiger partial charge in [-0.1, -0.05) is 42.5 Å². The molecule has 0 spiro atoms. The molecule has 0 radical (unpaired) electrons. The van der Waals surface area contributed by atoms with E-state index in [0.29, 0.717) is 5.69 Å². The van der Waals surface area contributed by atoms with Crippen LogP contribution in [0.3, 0.4) is 0 Å². The molecule has 3 aromatic carbocycles. The summed E-state index contributed by atoms with van der Waals surface area (Å²) < 4.78 is 70.3. The second-order valence-corrected chi connectivity index (χ2v) is 14.7. The van der Waals surface area contributed by atoms with E-state index in [1.807, 2.05) is 6.07 Å². The van der Waals surface area contributed by atoms with Crippen molar-refractivity contribution >= 4 is 96.8 Å². The van der Waals surface area contributed by atoms with Gasteiger partial charge in [-0.2, -0.15) is 46.7 Å². The summed E-state index contributed by atoms with van der Waals surface area (Å²) in [6, 6.07) is 16.4. The van der Waals surface area contributed by atoms with E-state index in [0.717, 1.165) is 12.1 Å². The Balaban J connectivity index is 1.43. The smallest absolute Gasteiger partial charge is 0.305 e. The number of rotatable bonds is 19. The molecule has 0 saturated carbocycles. The summed E-state index contributed by atoms with van der Waals surface area (Å²) in [5, 5.41) is 38.9. The molecule has 300 valence electrons. The van der Waals surface area contributed by atoms with Crippen molar-refractivity contribution < 1.29 is 46.1 Å². The third kappa shape index (κ3) is 12.2. The highest BCUT2D eigenvalue weighted by atomic mass is 35.5. The topological polar surface area (TPSA) is 315 Å². The van der Waals surface area contributed by atoms with Crippen LogP contribution < -0.4 is 26.2 Å². The van der Waals surface area contributed by atoms with Gasteiger partial charge in [0.1, 0.15) is 9.79 Å². The van der Waals surface area contributed by atoms with E-state index in [1.165, 1.54) is 41.3 Å².